The van der Waals surface area contributed by atoms with Crippen LogP contribution >= 0.6 is 0 Å². The minimum atomic E-state index is -0.246. The van der Waals surface area contributed by atoms with Gasteiger partial charge in [-0.25, -0.2) is 0 Å². The monoisotopic (exact) mass is 237 g/mol. The van der Waals surface area contributed by atoms with Gasteiger partial charge in [0.25, 0.3) is 0 Å². The Balaban J connectivity index is 2.83. The molecule has 0 aromatic rings. The first-order chi connectivity index (χ1) is 7.69. The van der Waals surface area contributed by atoms with Crippen molar-refractivity contribution in [2.24, 2.45) is 17.3 Å². The van der Waals surface area contributed by atoms with Crippen molar-refractivity contribution in [2.75, 3.05) is 0 Å². The fourth-order valence-electron chi connectivity index (χ4n) is 2.63. The maximum atomic E-state index is 12.5. The average molecular weight is 237 g/mol. The van der Waals surface area contributed by atoms with Crippen molar-refractivity contribution in [3.05, 3.63) is 12.7 Å². The molecule has 1 saturated carbocycles. The molecule has 0 heterocycles. The quantitative estimate of drug-likeness (QED) is 0.731. The van der Waals surface area contributed by atoms with Crippen LogP contribution in [0.25, 0.3) is 0 Å². The lowest BCUT2D eigenvalue weighted by molar-refractivity contribution is -0.137. The summed E-state index contributed by atoms with van der Waals surface area (Å²) in [6, 6.07) is 0. The summed E-state index contributed by atoms with van der Waals surface area (Å²) in [6.45, 7) is 14.3. The molecule has 98 valence electrons. The molecule has 3 atom stereocenters. The fourth-order valence-corrected chi connectivity index (χ4v) is 2.63. The molecule has 1 aliphatic rings. The van der Waals surface area contributed by atoms with E-state index >= 15 is 0 Å². The number of hydrogen-bond acceptors (Lipinski definition) is 1. The van der Waals surface area contributed by atoms with Crippen LogP contribution in [0.1, 0.15) is 53.9 Å². The summed E-state index contributed by atoms with van der Waals surface area (Å²) < 4.78 is 0. The highest BCUT2D eigenvalue weighted by Gasteiger charge is 2.43. The second-order valence-electron chi connectivity index (χ2n) is 6.80. The fraction of sp³-hybridized carbons (Fsp3) is 0.800. The minimum Gasteiger partial charge on any atom is -0.351 e. The van der Waals surface area contributed by atoms with Crippen molar-refractivity contribution >= 4 is 5.91 Å². The predicted octanol–water partition coefficient (Wildman–Crippen LogP) is 3.53. The maximum Gasteiger partial charge on any atom is 0.226 e. The predicted molar refractivity (Wildman–Crippen MR) is 72.7 cm³/mol. The molecule has 1 amide bonds. The summed E-state index contributed by atoms with van der Waals surface area (Å²) in [6.07, 6.45) is 5.22. The molecule has 0 bridgehead atoms. The van der Waals surface area contributed by atoms with Gasteiger partial charge in [-0.15, -0.1) is 6.58 Å². The number of nitrogens with one attached hydrogen (secondary N) is 1. The molecule has 1 aliphatic carbocycles. The van der Waals surface area contributed by atoms with Gasteiger partial charge in [-0.2, -0.15) is 0 Å². The Morgan fingerprint density at radius 3 is 2.47 bits per heavy atom. The van der Waals surface area contributed by atoms with E-state index in [0.717, 1.165) is 12.8 Å². The number of hydrogen-bond donors (Lipinski definition) is 1. The zero-order valence-electron chi connectivity index (χ0n) is 12.0. The zero-order valence-corrected chi connectivity index (χ0v) is 12.0. The van der Waals surface area contributed by atoms with E-state index in [1.165, 1.54) is 6.42 Å². The van der Waals surface area contributed by atoms with Crippen LogP contribution < -0.4 is 5.32 Å². The average Bonchev–Trinajstić information content (AvgIpc) is 2.19. The van der Waals surface area contributed by atoms with E-state index < -0.39 is 0 Å². The smallest absolute Gasteiger partial charge is 0.226 e. The van der Waals surface area contributed by atoms with Gasteiger partial charge >= 0.3 is 0 Å². The molecule has 0 aliphatic heterocycles. The lowest BCUT2D eigenvalue weighted by atomic mass is 9.64. The van der Waals surface area contributed by atoms with Crippen molar-refractivity contribution in [3.8, 4) is 0 Å². The van der Waals surface area contributed by atoms with E-state index in [1.54, 1.807) is 0 Å². The largest absolute Gasteiger partial charge is 0.351 e. The Morgan fingerprint density at radius 1 is 1.41 bits per heavy atom. The third kappa shape index (κ3) is 3.34. The van der Waals surface area contributed by atoms with Gasteiger partial charge in [0.2, 0.25) is 5.91 Å². The highest BCUT2D eigenvalue weighted by molar-refractivity contribution is 5.83. The number of carbonyl (C=O) groups is 1. The minimum absolute atomic E-state index is 0.152. The summed E-state index contributed by atoms with van der Waals surface area (Å²) in [5.74, 6) is 1.13. The van der Waals surface area contributed by atoms with Gasteiger partial charge in [-0.1, -0.05) is 19.9 Å². The lowest BCUT2D eigenvalue weighted by Crippen LogP contribution is -2.52. The standard InChI is InChI=1S/C15H27NO/c1-7-12-9-8-11(2)15(6,10-12)13(17)16-14(3,4)5/h7,11-12H,1,8-10H2,2-6H3,(H,16,17)/t11-,12-,15+/m1/s1. The third-order valence-corrected chi connectivity index (χ3v) is 4.08. The van der Waals surface area contributed by atoms with Crippen LogP contribution in [0, 0.1) is 17.3 Å². The van der Waals surface area contributed by atoms with Crippen molar-refractivity contribution in [1.29, 1.82) is 0 Å². The number of amides is 1. The van der Waals surface area contributed by atoms with Gasteiger partial charge in [0.05, 0.1) is 0 Å². The summed E-state index contributed by atoms with van der Waals surface area (Å²) in [5.41, 5.74) is -0.397. The van der Waals surface area contributed by atoms with E-state index in [2.05, 4.69) is 25.7 Å². The van der Waals surface area contributed by atoms with Crippen molar-refractivity contribution in [1.82, 2.24) is 5.32 Å². The number of carbonyl (C=O) groups excluding carboxylic acids is 1. The number of allylic oxidation sites excluding steroid dienone is 1. The normalized spacial score (nSPS) is 34.2. The van der Waals surface area contributed by atoms with Crippen molar-refractivity contribution < 1.29 is 4.79 Å². The Kier molecular flexibility index (Phi) is 4.06. The molecule has 0 unspecified atom stereocenters. The Hall–Kier alpha value is -0.790. The van der Waals surface area contributed by atoms with Gasteiger partial charge in [-0.05, 0) is 51.9 Å². The molecule has 0 aromatic carbocycles. The van der Waals surface area contributed by atoms with Crippen LogP contribution in [-0.2, 0) is 4.79 Å². The third-order valence-electron chi connectivity index (χ3n) is 4.08. The van der Waals surface area contributed by atoms with Crippen LogP contribution in [0.4, 0.5) is 0 Å². The Labute approximate surface area is 106 Å². The molecule has 17 heavy (non-hydrogen) atoms. The highest BCUT2D eigenvalue weighted by atomic mass is 16.2. The van der Waals surface area contributed by atoms with E-state index in [0.29, 0.717) is 11.8 Å². The van der Waals surface area contributed by atoms with Crippen molar-refractivity contribution in [2.45, 2.75) is 59.4 Å². The molecule has 0 aromatic heterocycles. The van der Waals surface area contributed by atoms with Gasteiger partial charge < -0.3 is 5.32 Å². The first-order valence-corrected chi connectivity index (χ1v) is 6.64. The van der Waals surface area contributed by atoms with E-state index in [1.807, 2.05) is 26.8 Å². The highest BCUT2D eigenvalue weighted by Crippen LogP contribution is 2.44. The molecule has 0 radical (unpaired) electrons. The van der Waals surface area contributed by atoms with Crippen LogP contribution in [0.3, 0.4) is 0 Å². The maximum absolute atomic E-state index is 12.5. The van der Waals surface area contributed by atoms with Gasteiger partial charge in [0.15, 0.2) is 0 Å². The SMILES string of the molecule is C=C[C@@H]1CC[C@@H](C)[C@@](C)(C(=O)NC(C)(C)C)C1. The molecule has 2 heteroatoms. The van der Waals surface area contributed by atoms with Gasteiger partial charge in [0.1, 0.15) is 0 Å². The first-order valence-electron chi connectivity index (χ1n) is 6.64. The Bertz CT molecular complexity index is 303. The topological polar surface area (TPSA) is 29.1 Å². The molecule has 0 spiro atoms. The summed E-state index contributed by atoms with van der Waals surface area (Å²) in [4.78, 5) is 12.5. The molecule has 1 N–H and O–H groups in total. The van der Waals surface area contributed by atoms with E-state index in [9.17, 15) is 4.79 Å². The molecule has 1 fully saturated rings. The lowest BCUT2D eigenvalue weighted by Gasteiger charge is -2.42. The second kappa shape index (κ2) is 4.83. The van der Waals surface area contributed by atoms with Crippen LogP contribution in [0.15, 0.2) is 12.7 Å². The van der Waals surface area contributed by atoms with E-state index in [-0.39, 0.29) is 16.9 Å². The number of rotatable bonds is 2. The second-order valence-corrected chi connectivity index (χ2v) is 6.80. The Morgan fingerprint density at radius 2 is 2.00 bits per heavy atom. The van der Waals surface area contributed by atoms with Crippen LogP contribution in [-0.4, -0.2) is 11.4 Å². The van der Waals surface area contributed by atoms with Gasteiger partial charge in [-0.3, -0.25) is 4.79 Å². The summed E-state index contributed by atoms with van der Waals surface area (Å²) in [7, 11) is 0. The van der Waals surface area contributed by atoms with Gasteiger partial charge in [0, 0.05) is 11.0 Å². The zero-order chi connectivity index (χ0) is 13.3. The summed E-state index contributed by atoms with van der Waals surface area (Å²) in [5, 5.41) is 3.13. The molecular weight excluding hydrogens is 210 g/mol. The molecule has 2 nitrogen and oxygen atoms in total. The summed E-state index contributed by atoms with van der Waals surface area (Å²) >= 11 is 0. The van der Waals surface area contributed by atoms with Crippen LogP contribution in [0.2, 0.25) is 0 Å². The van der Waals surface area contributed by atoms with Crippen LogP contribution in [0.5, 0.6) is 0 Å². The first kappa shape index (κ1) is 14.3. The van der Waals surface area contributed by atoms with Crippen molar-refractivity contribution in [3.63, 3.8) is 0 Å². The van der Waals surface area contributed by atoms with E-state index in [4.69, 9.17) is 0 Å². The molecule has 1 rings (SSSR count). The molecule has 0 saturated heterocycles. The molecular formula is C15H27NO.